The number of benzene rings is 1. The lowest BCUT2D eigenvalue weighted by atomic mass is 9.96. The molecular formula is C23H33N5O4S. The van der Waals surface area contributed by atoms with E-state index in [1.54, 1.807) is 17.0 Å². The van der Waals surface area contributed by atoms with Gasteiger partial charge in [-0.15, -0.1) is 0 Å². The van der Waals surface area contributed by atoms with E-state index >= 15 is 0 Å². The predicted molar refractivity (Wildman–Crippen MR) is 125 cm³/mol. The Balaban J connectivity index is 1.50. The molecule has 3 heterocycles. The third-order valence-corrected chi connectivity index (χ3v) is 8.66. The van der Waals surface area contributed by atoms with Crippen LogP contribution >= 0.6 is 0 Å². The van der Waals surface area contributed by atoms with Crippen molar-refractivity contribution < 1.29 is 18.0 Å². The highest BCUT2D eigenvalue weighted by atomic mass is 32.2. The Labute approximate surface area is 195 Å². The quantitative estimate of drug-likeness (QED) is 0.625. The number of aryl methyl sites for hydroxylation is 2. The Hall–Kier alpha value is -2.46. The molecule has 0 bridgehead atoms. The first kappa shape index (κ1) is 23.7. The number of piperidine rings is 1. The van der Waals surface area contributed by atoms with Gasteiger partial charge in [-0.2, -0.15) is 4.31 Å². The zero-order chi connectivity index (χ0) is 23.6. The van der Waals surface area contributed by atoms with E-state index in [0.717, 1.165) is 37.1 Å². The number of nitrogens with zero attached hydrogens (tertiary/aromatic N) is 4. The molecule has 33 heavy (non-hydrogen) atoms. The topological polar surface area (TPSA) is 119 Å². The van der Waals surface area contributed by atoms with Crippen molar-refractivity contribution in [3.05, 3.63) is 24.0 Å². The number of carbonyl (C=O) groups excluding carboxylic acids is 2. The van der Waals surface area contributed by atoms with Crippen LogP contribution in [0.4, 0.5) is 0 Å². The molecule has 0 atom stereocenters. The highest BCUT2D eigenvalue weighted by Crippen LogP contribution is 2.26. The van der Waals surface area contributed by atoms with Crippen molar-refractivity contribution in [3.63, 3.8) is 0 Å². The maximum Gasteiger partial charge on any atom is 0.243 e. The lowest BCUT2D eigenvalue weighted by Gasteiger charge is -2.30. The normalized spacial score (nSPS) is 18.3. The molecule has 0 radical (unpaired) electrons. The number of hydrogen-bond donors (Lipinski definition) is 1. The van der Waals surface area contributed by atoms with Crippen LogP contribution in [0.1, 0.15) is 51.3 Å². The third-order valence-electron chi connectivity index (χ3n) is 6.76. The molecule has 1 aromatic carbocycles. The maximum absolute atomic E-state index is 13.0. The summed E-state index contributed by atoms with van der Waals surface area (Å²) >= 11 is 0. The molecule has 0 aliphatic carbocycles. The molecule has 0 unspecified atom stereocenters. The SMILES string of the molecule is CCCn1c(CCC(=O)N2CCC(C(N)=O)CC2)nc2cc(S(=O)(=O)N3CCCC3)ccc21. The molecule has 2 aliphatic heterocycles. The van der Waals surface area contributed by atoms with E-state index in [0.29, 0.717) is 57.4 Å². The molecule has 1 aromatic heterocycles. The van der Waals surface area contributed by atoms with Gasteiger partial charge in [0.25, 0.3) is 0 Å². The van der Waals surface area contributed by atoms with Crippen LogP contribution in [-0.4, -0.2) is 65.2 Å². The van der Waals surface area contributed by atoms with E-state index < -0.39 is 10.0 Å². The summed E-state index contributed by atoms with van der Waals surface area (Å²) in [6, 6.07) is 5.16. The number of imidazole rings is 1. The summed E-state index contributed by atoms with van der Waals surface area (Å²) in [5.41, 5.74) is 6.92. The monoisotopic (exact) mass is 475 g/mol. The van der Waals surface area contributed by atoms with Crippen LogP contribution in [0.2, 0.25) is 0 Å². The van der Waals surface area contributed by atoms with E-state index in [9.17, 15) is 18.0 Å². The molecule has 2 aliphatic rings. The van der Waals surface area contributed by atoms with Crippen molar-refractivity contribution in [3.8, 4) is 0 Å². The fourth-order valence-electron chi connectivity index (χ4n) is 4.85. The van der Waals surface area contributed by atoms with Gasteiger partial charge in [-0.3, -0.25) is 9.59 Å². The number of hydrogen-bond acceptors (Lipinski definition) is 5. The lowest BCUT2D eigenvalue weighted by molar-refractivity contribution is -0.134. The number of rotatable bonds is 8. The van der Waals surface area contributed by atoms with E-state index in [2.05, 4.69) is 11.5 Å². The third kappa shape index (κ3) is 4.91. The van der Waals surface area contributed by atoms with Gasteiger partial charge < -0.3 is 15.2 Å². The fourth-order valence-corrected chi connectivity index (χ4v) is 6.39. The molecule has 2 saturated heterocycles. The first-order chi connectivity index (χ1) is 15.8. The van der Waals surface area contributed by atoms with Crippen LogP contribution in [0.5, 0.6) is 0 Å². The number of likely N-dealkylation sites (tertiary alicyclic amines) is 1. The molecule has 0 spiro atoms. The Bertz CT molecular complexity index is 1130. The standard InChI is InChI=1S/C23H33N5O4S/c1-2-11-28-20-6-5-18(33(31,32)27-12-3-4-13-27)16-19(20)25-21(28)7-8-22(29)26-14-9-17(10-15-26)23(24)30/h5-6,16-17H,2-4,7-15H2,1H3,(H2,24,30). The summed E-state index contributed by atoms with van der Waals surface area (Å²) < 4.78 is 29.6. The molecule has 2 N–H and O–H groups in total. The van der Waals surface area contributed by atoms with Crippen LogP contribution in [0.15, 0.2) is 23.1 Å². The van der Waals surface area contributed by atoms with Crippen molar-refractivity contribution in [1.82, 2.24) is 18.8 Å². The number of aromatic nitrogens is 2. The van der Waals surface area contributed by atoms with Crippen LogP contribution < -0.4 is 5.73 Å². The second-order valence-electron chi connectivity index (χ2n) is 9.00. The maximum atomic E-state index is 13.0. The van der Waals surface area contributed by atoms with E-state index in [4.69, 9.17) is 10.7 Å². The second-order valence-corrected chi connectivity index (χ2v) is 10.9. The number of primary amides is 1. The largest absolute Gasteiger partial charge is 0.369 e. The minimum atomic E-state index is -3.51. The molecule has 2 amide bonds. The zero-order valence-corrected chi connectivity index (χ0v) is 20.0. The fraction of sp³-hybridized carbons (Fsp3) is 0.609. The molecule has 9 nitrogen and oxygen atoms in total. The van der Waals surface area contributed by atoms with Gasteiger partial charge in [-0.25, -0.2) is 13.4 Å². The first-order valence-electron chi connectivity index (χ1n) is 11.9. The van der Waals surface area contributed by atoms with Gasteiger partial charge >= 0.3 is 0 Å². The van der Waals surface area contributed by atoms with Gasteiger partial charge in [0.2, 0.25) is 21.8 Å². The molecule has 180 valence electrons. The minimum absolute atomic E-state index is 0.0466. The van der Waals surface area contributed by atoms with E-state index in [-0.39, 0.29) is 22.6 Å². The van der Waals surface area contributed by atoms with Crippen LogP contribution in [-0.2, 0) is 32.6 Å². The minimum Gasteiger partial charge on any atom is -0.369 e. The van der Waals surface area contributed by atoms with Gasteiger partial charge in [0.1, 0.15) is 5.82 Å². The Morgan fingerprint density at radius 2 is 1.82 bits per heavy atom. The highest BCUT2D eigenvalue weighted by Gasteiger charge is 2.28. The van der Waals surface area contributed by atoms with E-state index in [1.807, 2.05) is 6.07 Å². The Morgan fingerprint density at radius 1 is 1.12 bits per heavy atom. The van der Waals surface area contributed by atoms with Gasteiger partial charge in [0.05, 0.1) is 15.9 Å². The van der Waals surface area contributed by atoms with Gasteiger partial charge in [-0.05, 0) is 50.3 Å². The second kappa shape index (κ2) is 9.80. The van der Waals surface area contributed by atoms with Crippen LogP contribution in [0.3, 0.4) is 0 Å². The van der Waals surface area contributed by atoms with Crippen molar-refractivity contribution in [2.24, 2.45) is 11.7 Å². The molecular weight excluding hydrogens is 442 g/mol. The summed E-state index contributed by atoms with van der Waals surface area (Å²) in [6.07, 6.45) is 4.73. The number of sulfonamides is 1. The van der Waals surface area contributed by atoms with Crippen molar-refractivity contribution in [1.29, 1.82) is 0 Å². The average molecular weight is 476 g/mol. The Kier molecular flexibility index (Phi) is 7.04. The number of fused-ring (bicyclic) bond motifs is 1. The highest BCUT2D eigenvalue weighted by molar-refractivity contribution is 7.89. The van der Waals surface area contributed by atoms with Crippen molar-refractivity contribution in [2.45, 2.75) is 63.3 Å². The average Bonchev–Trinajstić information content (AvgIpc) is 3.46. The molecule has 0 saturated carbocycles. The summed E-state index contributed by atoms with van der Waals surface area (Å²) in [5.74, 6) is 0.406. The smallest absolute Gasteiger partial charge is 0.243 e. The van der Waals surface area contributed by atoms with Crippen LogP contribution in [0, 0.1) is 5.92 Å². The van der Waals surface area contributed by atoms with Gasteiger partial charge in [-0.1, -0.05) is 6.92 Å². The number of carbonyl (C=O) groups is 2. The summed E-state index contributed by atoms with van der Waals surface area (Å²) in [5, 5.41) is 0. The number of amides is 2. The zero-order valence-electron chi connectivity index (χ0n) is 19.2. The first-order valence-corrected chi connectivity index (χ1v) is 13.3. The summed E-state index contributed by atoms with van der Waals surface area (Å²) in [6.45, 7) is 5.06. The van der Waals surface area contributed by atoms with Crippen molar-refractivity contribution in [2.75, 3.05) is 26.2 Å². The van der Waals surface area contributed by atoms with E-state index in [1.165, 1.54) is 4.31 Å². The summed E-state index contributed by atoms with van der Waals surface area (Å²) in [4.78, 5) is 30.9. The molecule has 2 fully saturated rings. The number of nitrogens with two attached hydrogens (primary N) is 1. The van der Waals surface area contributed by atoms with Crippen LogP contribution in [0.25, 0.3) is 11.0 Å². The van der Waals surface area contributed by atoms with Gasteiger partial charge in [0, 0.05) is 51.5 Å². The predicted octanol–water partition coefficient (Wildman–Crippen LogP) is 1.89. The molecule has 10 heteroatoms. The molecule has 2 aromatic rings. The molecule has 4 rings (SSSR count). The lowest BCUT2D eigenvalue weighted by Crippen LogP contribution is -2.41. The van der Waals surface area contributed by atoms with Crippen molar-refractivity contribution >= 4 is 32.9 Å². The summed E-state index contributed by atoms with van der Waals surface area (Å²) in [7, 11) is -3.51. The van der Waals surface area contributed by atoms with Gasteiger partial charge in [0.15, 0.2) is 0 Å². The Morgan fingerprint density at radius 3 is 2.45 bits per heavy atom.